The minimum Gasteiger partial charge on any atom is -0.481 e. The second-order valence-electron chi connectivity index (χ2n) is 14.7. The third kappa shape index (κ3) is 12.2. The fraction of sp³-hybridized carbons (Fsp3) is 0.378. The summed E-state index contributed by atoms with van der Waals surface area (Å²) in [6.45, 7) is 7.48. The Hall–Kier alpha value is -6.08. The van der Waals surface area contributed by atoms with Crippen LogP contribution in [0, 0.1) is 0 Å². The van der Waals surface area contributed by atoms with Gasteiger partial charge in [-0.15, -0.1) is 0 Å². The second-order valence-corrected chi connectivity index (χ2v) is 14.7. The molecule has 1 aromatic heterocycles. The van der Waals surface area contributed by atoms with Crippen LogP contribution in [0.2, 0.25) is 0 Å². The van der Waals surface area contributed by atoms with Crippen LogP contribution in [-0.4, -0.2) is 93.9 Å². The van der Waals surface area contributed by atoms with Crippen molar-refractivity contribution in [1.82, 2.24) is 14.8 Å². The first-order valence-corrected chi connectivity index (χ1v) is 20.0. The van der Waals surface area contributed by atoms with Gasteiger partial charge in [-0.05, 0) is 104 Å². The molecule has 1 aliphatic heterocycles. The Balaban J connectivity index is 1.27. The summed E-state index contributed by atoms with van der Waals surface area (Å²) in [6, 6.07) is 25.5. The number of carboxylic acids is 2. The molecule has 1 fully saturated rings. The molecule has 1 aliphatic rings. The molecule has 0 spiro atoms. The van der Waals surface area contributed by atoms with Gasteiger partial charge in [0.1, 0.15) is 5.82 Å². The van der Waals surface area contributed by atoms with E-state index in [2.05, 4.69) is 34.3 Å². The molecule has 0 atom stereocenters. The van der Waals surface area contributed by atoms with Crippen molar-refractivity contribution in [3.8, 4) is 0 Å². The molecule has 13 heteroatoms. The Labute approximate surface area is 340 Å². The molecule has 4 aromatic rings. The highest BCUT2D eigenvalue weighted by Gasteiger charge is 2.22. The number of carboxylic acid groups (broad SMARTS) is 2. The Morgan fingerprint density at radius 2 is 1.40 bits per heavy atom. The number of amides is 3. The smallest absolute Gasteiger partial charge is 0.335 e. The molecule has 0 aliphatic carbocycles. The lowest BCUT2D eigenvalue weighted by Gasteiger charge is -2.32. The Bertz CT molecular complexity index is 2040. The number of hydrogen-bond donors (Lipinski definition) is 4. The average Bonchev–Trinajstić information content (AvgIpc) is 3.77. The van der Waals surface area contributed by atoms with Gasteiger partial charge in [0.15, 0.2) is 5.69 Å². The maximum atomic E-state index is 13.9. The molecule has 3 amide bonds. The minimum atomic E-state index is -1.00. The van der Waals surface area contributed by atoms with Crippen LogP contribution in [0.15, 0.2) is 84.9 Å². The maximum absolute atomic E-state index is 13.9. The molecule has 58 heavy (non-hydrogen) atoms. The molecule has 13 nitrogen and oxygen atoms in total. The number of aliphatic carboxylic acids is 1. The molecular formula is C45H54N6O7. The number of carbonyl (C=O) groups is 5. The number of likely N-dealkylation sites (N-methyl/N-ethyl adjacent to an activating group) is 1. The monoisotopic (exact) mass is 790 g/mol. The van der Waals surface area contributed by atoms with Crippen molar-refractivity contribution in [3.63, 3.8) is 0 Å². The van der Waals surface area contributed by atoms with E-state index in [-0.39, 0.29) is 47.6 Å². The van der Waals surface area contributed by atoms with Gasteiger partial charge in [-0.2, -0.15) is 0 Å². The van der Waals surface area contributed by atoms with Gasteiger partial charge in [0.25, 0.3) is 11.8 Å². The summed E-state index contributed by atoms with van der Waals surface area (Å²) in [5.74, 6) is -2.33. The topological polar surface area (TPSA) is 172 Å². The zero-order valence-corrected chi connectivity index (χ0v) is 33.6. The highest BCUT2D eigenvalue weighted by molar-refractivity contribution is 6.11. The fourth-order valence-electron chi connectivity index (χ4n) is 7.14. The molecule has 0 saturated carbocycles. The number of aryl methyl sites for hydroxylation is 2. The number of pyridine rings is 1. The van der Waals surface area contributed by atoms with Crippen LogP contribution in [0.25, 0.3) is 0 Å². The molecule has 5 rings (SSSR count). The molecule has 0 unspecified atom stereocenters. The summed E-state index contributed by atoms with van der Waals surface area (Å²) < 4.78 is 0. The van der Waals surface area contributed by atoms with Crippen molar-refractivity contribution in [2.45, 2.75) is 77.8 Å². The van der Waals surface area contributed by atoms with Crippen molar-refractivity contribution in [2.24, 2.45) is 0 Å². The van der Waals surface area contributed by atoms with Crippen LogP contribution >= 0.6 is 0 Å². The number of carbonyl (C=O) groups excluding carboxylic acids is 3. The maximum Gasteiger partial charge on any atom is 0.335 e. The Kier molecular flexibility index (Phi) is 15.5. The van der Waals surface area contributed by atoms with Crippen LogP contribution in [0.3, 0.4) is 0 Å². The summed E-state index contributed by atoms with van der Waals surface area (Å²) in [6.07, 6.45) is 5.09. The highest BCUT2D eigenvalue weighted by Crippen LogP contribution is 2.25. The largest absolute Gasteiger partial charge is 0.481 e. The number of nitrogens with one attached hydrogen (secondary N) is 2. The van der Waals surface area contributed by atoms with Crippen LogP contribution in [0.4, 0.5) is 17.2 Å². The molecule has 4 N–H and O–H groups in total. The zero-order valence-electron chi connectivity index (χ0n) is 33.6. The van der Waals surface area contributed by atoms with Gasteiger partial charge in [0, 0.05) is 63.5 Å². The van der Waals surface area contributed by atoms with Crippen molar-refractivity contribution in [1.29, 1.82) is 0 Å². The summed E-state index contributed by atoms with van der Waals surface area (Å²) in [4.78, 5) is 73.0. The van der Waals surface area contributed by atoms with Crippen molar-refractivity contribution in [3.05, 3.63) is 118 Å². The van der Waals surface area contributed by atoms with Gasteiger partial charge in [0.2, 0.25) is 5.91 Å². The first-order valence-electron chi connectivity index (χ1n) is 20.0. The van der Waals surface area contributed by atoms with Gasteiger partial charge in [-0.3, -0.25) is 24.1 Å². The van der Waals surface area contributed by atoms with E-state index in [4.69, 9.17) is 15.2 Å². The summed E-state index contributed by atoms with van der Waals surface area (Å²) in [5, 5.41) is 24.0. The third-order valence-corrected chi connectivity index (χ3v) is 10.6. The molecule has 306 valence electrons. The van der Waals surface area contributed by atoms with Gasteiger partial charge in [0.05, 0.1) is 17.7 Å². The SMILES string of the molecule is CCC(CC)N(CCN(C)C(=O)CCC(=O)O)Cc1cccc(C(=O)Nc2ccc(N3CCCC3)nc2C(=O)Nc2ccc(CCc3ccc(C(=O)O)cc3)cc2)c1. The number of aromatic nitrogens is 1. The predicted molar refractivity (Wildman–Crippen MR) is 225 cm³/mol. The summed E-state index contributed by atoms with van der Waals surface area (Å²) >= 11 is 0. The van der Waals surface area contributed by atoms with Crippen molar-refractivity contribution in [2.75, 3.05) is 48.8 Å². The van der Waals surface area contributed by atoms with Crippen molar-refractivity contribution >= 4 is 46.9 Å². The number of rotatable bonds is 20. The van der Waals surface area contributed by atoms with Crippen LogP contribution in [-0.2, 0) is 29.0 Å². The lowest BCUT2D eigenvalue weighted by atomic mass is 10.0. The van der Waals surface area contributed by atoms with Crippen LogP contribution < -0.4 is 15.5 Å². The number of aromatic carboxylic acids is 1. The van der Waals surface area contributed by atoms with Crippen LogP contribution in [0.5, 0.6) is 0 Å². The van der Waals surface area contributed by atoms with E-state index in [0.717, 1.165) is 68.3 Å². The third-order valence-electron chi connectivity index (χ3n) is 10.6. The van der Waals surface area contributed by atoms with E-state index >= 15 is 0 Å². The highest BCUT2D eigenvalue weighted by atomic mass is 16.4. The molecule has 2 heterocycles. The van der Waals surface area contributed by atoms with E-state index in [1.165, 1.54) is 0 Å². The zero-order chi connectivity index (χ0) is 41.6. The summed E-state index contributed by atoms with van der Waals surface area (Å²) in [7, 11) is 1.69. The molecule has 0 bridgehead atoms. The number of benzene rings is 3. The minimum absolute atomic E-state index is 0.0437. The second kappa shape index (κ2) is 20.9. The Morgan fingerprint density at radius 1 is 0.741 bits per heavy atom. The van der Waals surface area contributed by atoms with E-state index in [1.54, 1.807) is 36.2 Å². The summed E-state index contributed by atoms with van der Waals surface area (Å²) in [5.41, 5.74) is 4.65. The van der Waals surface area contributed by atoms with E-state index < -0.39 is 17.8 Å². The number of nitrogens with zero attached hydrogens (tertiary/aromatic N) is 4. The van der Waals surface area contributed by atoms with E-state index in [9.17, 15) is 24.0 Å². The number of hydrogen-bond acceptors (Lipinski definition) is 8. The van der Waals surface area contributed by atoms with Crippen molar-refractivity contribution < 1.29 is 34.2 Å². The lowest BCUT2D eigenvalue weighted by Crippen LogP contribution is -2.41. The van der Waals surface area contributed by atoms with Crippen LogP contribution in [0.1, 0.15) is 100 Å². The van der Waals surface area contributed by atoms with E-state index in [0.29, 0.717) is 36.7 Å². The van der Waals surface area contributed by atoms with Gasteiger partial charge < -0.3 is 30.6 Å². The quantitative estimate of drug-likeness (QED) is 0.0732. The Morgan fingerprint density at radius 3 is 2.02 bits per heavy atom. The standard InChI is InChI=1S/C45H54N6O7/c1-4-37(5-2)51(28-27-49(3)40(52)23-24-41(53)54)30-33-9-8-10-35(29-33)43(55)47-38-21-22-39(50-25-6-7-26-50)48-42(38)44(56)46-36-19-15-32(16-20-36)12-11-31-13-17-34(18-14-31)45(57)58/h8-10,13-22,29,37H,4-7,11-12,23-28,30H2,1-3H3,(H,46,56)(H,47,55)(H,53,54)(H,57,58). The first-order chi connectivity index (χ1) is 27.9. The first kappa shape index (κ1) is 43.1. The molecule has 1 saturated heterocycles. The van der Waals surface area contributed by atoms with E-state index in [1.807, 2.05) is 60.7 Å². The van der Waals surface area contributed by atoms with Gasteiger partial charge in [-0.1, -0.05) is 50.2 Å². The lowest BCUT2D eigenvalue weighted by molar-refractivity contribution is -0.140. The average molecular weight is 791 g/mol. The van der Waals surface area contributed by atoms with Gasteiger partial charge in [-0.25, -0.2) is 9.78 Å². The normalized spacial score (nSPS) is 12.5. The van der Waals surface area contributed by atoms with Gasteiger partial charge >= 0.3 is 11.9 Å². The molecule has 0 radical (unpaired) electrons. The molecule has 3 aromatic carbocycles. The fourth-order valence-corrected chi connectivity index (χ4v) is 7.14. The molecular weight excluding hydrogens is 737 g/mol. The number of anilines is 3. The predicted octanol–water partition coefficient (Wildman–Crippen LogP) is 6.98.